The number of urea groups is 1. The van der Waals surface area contributed by atoms with Gasteiger partial charge in [-0.05, 0) is 13.8 Å². The van der Waals surface area contributed by atoms with Crippen LogP contribution < -0.4 is 5.32 Å². The third-order valence-corrected chi connectivity index (χ3v) is 2.42. The van der Waals surface area contributed by atoms with Crippen LogP contribution >= 0.6 is 0 Å². The lowest BCUT2D eigenvalue weighted by atomic mass is 10.3. The van der Waals surface area contributed by atoms with Crippen molar-refractivity contribution in [1.29, 1.82) is 0 Å². The van der Waals surface area contributed by atoms with Crippen LogP contribution in [-0.2, 0) is 4.79 Å². The first kappa shape index (κ1) is 15.8. The molecule has 0 atom stereocenters. The molecule has 0 fully saturated rings. The normalized spacial score (nSPS) is 10.5. The van der Waals surface area contributed by atoms with Crippen molar-refractivity contribution in [2.75, 3.05) is 11.9 Å². The maximum Gasteiger partial charge on any atom is 0.323 e. The monoisotopic (exact) mass is 290 g/mol. The molecule has 8 heteroatoms. The van der Waals surface area contributed by atoms with Crippen molar-refractivity contribution in [2.45, 2.75) is 19.9 Å². The van der Waals surface area contributed by atoms with Crippen LogP contribution in [0.3, 0.4) is 0 Å². The van der Waals surface area contributed by atoms with Gasteiger partial charge in [0.1, 0.15) is 6.54 Å². The predicted octanol–water partition coefficient (Wildman–Crippen LogP) is 2.43. The maximum absolute atomic E-state index is 13.0. The summed E-state index contributed by atoms with van der Waals surface area (Å²) in [5.41, 5.74) is -0.303. The van der Waals surface area contributed by atoms with Crippen LogP contribution in [0.1, 0.15) is 13.8 Å². The van der Waals surface area contributed by atoms with Crippen molar-refractivity contribution < 1.29 is 27.9 Å². The number of carboxylic acid groups (broad SMARTS) is 1. The Bertz CT molecular complexity index is 512. The van der Waals surface area contributed by atoms with Gasteiger partial charge < -0.3 is 15.3 Å². The van der Waals surface area contributed by atoms with Crippen LogP contribution in [0.4, 0.5) is 23.7 Å². The summed E-state index contributed by atoms with van der Waals surface area (Å²) < 4.78 is 38.7. The highest BCUT2D eigenvalue weighted by molar-refractivity contribution is 5.91. The van der Waals surface area contributed by atoms with Crippen molar-refractivity contribution in [3.05, 3.63) is 29.6 Å². The van der Waals surface area contributed by atoms with Crippen molar-refractivity contribution in [1.82, 2.24) is 4.90 Å². The number of rotatable bonds is 4. The van der Waals surface area contributed by atoms with Crippen molar-refractivity contribution in [2.24, 2.45) is 0 Å². The Hall–Kier alpha value is -2.25. The predicted molar refractivity (Wildman–Crippen MR) is 64.8 cm³/mol. The highest BCUT2D eigenvalue weighted by Crippen LogP contribution is 2.18. The van der Waals surface area contributed by atoms with Crippen LogP contribution in [0.5, 0.6) is 0 Å². The average molecular weight is 290 g/mol. The fraction of sp³-hybridized carbons (Fsp3) is 0.333. The molecule has 1 aromatic rings. The van der Waals surface area contributed by atoms with Crippen LogP contribution in [0.15, 0.2) is 12.1 Å². The van der Waals surface area contributed by atoms with Crippen molar-refractivity contribution in [3.8, 4) is 0 Å². The van der Waals surface area contributed by atoms with Gasteiger partial charge in [0.15, 0.2) is 17.5 Å². The average Bonchev–Trinajstić information content (AvgIpc) is 2.32. The highest BCUT2D eigenvalue weighted by atomic mass is 19.2. The molecule has 0 spiro atoms. The van der Waals surface area contributed by atoms with E-state index in [-0.39, 0.29) is 5.69 Å². The number of carbonyl (C=O) groups excluding carboxylic acids is 1. The number of anilines is 1. The molecule has 2 amide bonds. The summed E-state index contributed by atoms with van der Waals surface area (Å²) in [6.45, 7) is 2.58. The van der Waals surface area contributed by atoms with E-state index in [4.69, 9.17) is 5.11 Å². The zero-order valence-corrected chi connectivity index (χ0v) is 10.8. The number of nitrogens with zero attached hydrogens (tertiary/aromatic N) is 1. The van der Waals surface area contributed by atoms with E-state index in [2.05, 4.69) is 5.32 Å². The van der Waals surface area contributed by atoms with Gasteiger partial charge in [-0.3, -0.25) is 4.79 Å². The first-order valence-corrected chi connectivity index (χ1v) is 5.66. The van der Waals surface area contributed by atoms with E-state index in [9.17, 15) is 22.8 Å². The topological polar surface area (TPSA) is 69.6 Å². The lowest BCUT2D eigenvalue weighted by molar-refractivity contribution is -0.137. The molecule has 0 aliphatic rings. The number of amides is 2. The van der Waals surface area contributed by atoms with E-state index < -0.39 is 42.0 Å². The Morgan fingerprint density at radius 2 is 1.75 bits per heavy atom. The molecular formula is C12H13F3N2O3. The molecule has 1 rings (SSSR count). The van der Waals surface area contributed by atoms with E-state index >= 15 is 0 Å². The van der Waals surface area contributed by atoms with Gasteiger partial charge in [-0.1, -0.05) is 0 Å². The third-order valence-electron chi connectivity index (χ3n) is 2.42. The minimum absolute atomic E-state index is 0.303. The maximum atomic E-state index is 13.0. The number of hydrogen-bond donors (Lipinski definition) is 2. The molecule has 0 heterocycles. The Kier molecular flexibility index (Phi) is 4.95. The quantitative estimate of drug-likeness (QED) is 0.837. The van der Waals surface area contributed by atoms with E-state index in [0.717, 1.165) is 4.90 Å². The first-order valence-electron chi connectivity index (χ1n) is 5.66. The summed E-state index contributed by atoms with van der Waals surface area (Å²) in [5.74, 6) is -5.77. The van der Waals surface area contributed by atoms with Gasteiger partial charge in [-0.25, -0.2) is 18.0 Å². The lowest BCUT2D eigenvalue weighted by Gasteiger charge is -2.25. The summed E-state index contributed by atoms with van der Waals surface area (Å²) >= 11 is 0. The van der Waals surface area contributed by atoms with Crippen LogP contribution in [0, 0.1) is 17.5 Å². The van der Waals surface area contributed by atoms with Crippen molar-refractivity contribution >= 4 is 17.7 Å². The number of carboxylic acids is 1. The second kappa shape index (κ2) is 6.27. The van der Waals surface area contributed by atoms with Gasteiger partial charge in [-0.2, -0.15) is 0 Å². The van der Waals surface area contributed by atoms with Crippen LogP contribution in [-0.4, -0.2) is 34.6 Å². The fourth-order valence-electron chi connectivity index (χ4n) is 1.46. The summed E-state index contributed by atoms with van der Waals surface area (Å²) in [6.07, 6.45) is 0. The van der Waals surface area contributed by atoms with Gasteiger partial charge in [0.25, 0.3) is 0 Å². The molecule has 0 unspecified atom stereocenters. The van der Waals surface area contributed by atoms with Crippen LogP contribution in [0.25, 0.3) is 0 Å². The molecule has 0 saturated carbocycles. The number of nitrogens with one attached hydrogen (secondary N) is 1. The Labute approximate surface area is 113 Å². The molecule has 0 saturated heterocycles. The molecular weight excluding hydrogens is 277 g/mol. The number of benzene rings is 1. The van der Waals surface area contributed by atoms with Gasteiger partial charge in [0, 0.05) is 23.9 Å². The number of halogens is 3. The molecule has 0 aliphatic heterocycles. The van der Waals surface area contributed by atoms with Gasteiger partial charge in [0.05, 0.1) is 0 Å². The Morgan fingerprint density at radius 1 is 1.25 bits per heavy atom. The second-order valence-corrected chi connectivity index (χ2v) is 4.30. The number of aliphatic carboxylic acids is 1. The van der Waals surface area contributed by atoms with Crippen molar-refractivity contribution in [3.63, 3.8) is 0 Å². The Balaban J connectivity index is 2.91. The zero-order chi connectivity index (χ0) is 15.4. The van der Waals surface area contributed by atoms with Gasteiger partial charge in [0.2, 0.25) is 0 Å². The highest BCUT2D eigenvalue weighted by Gasteiger charge is 2.21. The lowest BCUT2D eigenvalue weighted by Crippen LogP contribution is -2.43. The summed E-state index contributed by atoms with van der Waals surface area (Å²) in [5, 5.41) is 10.8. The third kappa shape index (κ3) is 3.87. The van der Waals surface area contributed by atoms with E-state index in [1.807, 2.05) is 0 Å². The van der Waals surface area contributed by atoms with Gasteiger partial charge >= 0.3 is 12.0 Å². The largest absolute Gasteiger partial charge is 0.480 e. The van der Waals surface area contributed by atoms with E-state index in [1.54, 1.807) is 13.8 Å². The molecule has 5 nitrogen and oxygen atoms in total. The zero-order valence-electron chi connectivity index (χ0n) is 10.8. The standard InChI is InChI=1S/C12H13F3N2O3/c1-6(2)17(5-10(18)19)12(20)16-7-3-8(13)11(15)9(14)4-7/h3-4,6H,5H2,1-2H3,(H,16,20)(H,18,19). The summed E-state index contributed by atoms with van der Waals surface area (Å²) in [7, 11) is 0. The minimum Gasteiger partial charge on any atom is -0.480 e. The minimum atomic E-state index is -1.64. The Morgan fingerprint density at radius 3 is 2.15 bits per heavy atom. The second-order valence-electron chi connectivity index (χ2n) is 4.30. The molecule has 110 valence electrons. The summed E-state index contributed by atoms with van der Waals surface area (Å²) in [4.78, 5) is 23.4. The molecule has 0 aromatic heterocycles. The van der Waals surface area contributed by atoms with Crippen LogP contribution in [0.2, 0.25) is 0 Å². The molecule has 2 N–H and O–H groups in total. The summed E-state index contributed by atoms with van der Waals surface area (Å²) in [6, 6.07) is -0.0837. The molecule has 20 heavy (non-hydrogen) atoms. The molecule has 0 aliphatic carbocycles. The molecule has 0 radical (unpaired) electrons. The smallest absolute Gasteiger partial charge is 0.323 e. The molecule has 0 bridgehead atoms. The number of carbonyl (C=O) groups is 2. The fourth-order valence-corrected chi connectivity index (χ4v) is 1.46. The number of hydrogen-bond acceptors (Lipinski definition) is 2. The SMILES string of the molecule is CC(C)N(CC(=O)O)C(=O)Nc1cc(F)c(F)c(F)c1. The van der Waals surface area contributed by atoms with Gasteiger partial charge in [-0.15, -0.1) is 0 Å². The molecule has 1 aromatic carbocycles. The van der Waals surface area contributed by atoms with E-state index in [1.165, 1.54) is 0 Å². The van der Waals surface area contributed by atoms with E-state index in [0.29, 0.717) is 12.1 Å². The first-order chi connectivity index (χ1) is 9.22.